The van der Waals surface area contributed by atoms with Crippen molar-refractivity contribution >= 4 is 21.9 Å². The van der Waals surface area contributed by atoms with Crippen LogP contribution in [-0.4, -0.2) is 20.5 Å². The van der Waals surface area contributed by atoms with Gasteiger partial charge in [0, 0.05) is 5.39 Å². The van der Waals surface area contributed by atoms with E-state index in [1.807, 2.05) is 24.3 Å². The molecule has 19 heavy (non-hydrogen) atoms. The third-order valence-electron chi connectivity index (χ3n) is 2.93. The van der Waals surface area contributed by atoms with E-state index < -0.39 is 5.60 Å². The summed E-state index contributed by atoms with van der Waals surface area (Å²) in [6, 6.07) is 7.45. The van der Waals surface area contributed by atoms with Crippen molar-refractivity contribution < 1.29 is 9.52 Å². The van der Waals surface area contributed by atoms with Crippen molar-refractivity contribution in [3.8, 4) is 0 Å². The van der Waals surface area contributed by atoms with Gasteiger partial charge >= 0.3 is 5.56 Å². The number of para-hydroxylation sites is 1. The standard InChI is InChI=1S/C14H14N2O3/c1-14(2,18)8-16-13(17)12-10(7-15-16)9-5-3-4-6-11(9)19-12/h3-7,18H,8H2,1-2H3. The topological polar surface area (TPSA) is 68.3 Å². The normalized spacial score (nSPS) is 12.4. The molecule has 0 aliphatic carbocycles. The van der Waals surface area contributed by atoms with Crippen LogP contribution in [0.1, 0.15) is 13.8 Å². The number of benzene rings is 1. The summed E-state index contributed by atoms with van der Waals surface area (Å²) >= 11 is 0. The maximum atomic E-state index is 12.3. The predicted molar refractivity (Wildman–Crippen MR) is 72.1 cm³/mol. The van der Waals surface area contributed by atoms with Crippen LogP contribution in [0, 0.1) is 0 Å². The van der Waals surface area contributed by atoms with Crippen molar-refractivity contribution in [3.63, 3.8) is 0 Å². The van der Waals surface area contributed by atoms with Gasteiger partial charge in [-0.2, -0.15) is 5.10 Å². The monoisotopic (exact) mass is 258 g/mol. The molecule has 1 aromatic carbocycles. The summed E-state index contributed by atoms with van der Waals surface area (Å²) in [5, 5.41) is 15.4. The van der Waals surface area contributed by atoms with E-state index in [0.717, 1.165) is 5.39 Å². The van der Waals surface area contributed by atoms with E-state index in [4.69, 9.17) is 4.42 Å². The first-order valence-corrected chi connectivity index (χ1v) is 6.05. The molecule has 0 spiro atoms. The number of hydrogen-bond acceptors (Lipinski definition) is 4. The highest BCUT2D eigenvalue weighted by molar-refractivity contribution is 6.03. The van der Waals surface area contributed by atoms with Crippen molar-refractivity contribution in [3.05, 3.63) is 40.8 Å². The van der Waals surface area contributed by atoms with E-state index in [1.54, 1.807) is 20.0 Å². The Morgan fingerprint density at radius 1 is 1.32 bits per heavy atom. The Balaban J connectivity index is 2.28. The fourth-order valence-electron chi connectivity index (χ4n) is 2.13. The molecule has 98 valence electrons. The summed E-state index contributed by atoms with van der Waals surface area (Å²) in [4.78, 5) is 12.3. The Morgan fingerprint density at radius 2 is 2.05 bits per heavy atom. The Labute approximate surface area is 109 Å². The maximum Gasteiger partial charge on any atom is 0.310 e. The molecular formula is C14H14N2O3. The van der Waals surface area contributed by atoms with Gasteiger partial charge < -0.3 is 9.52 Å². The second kappa shape index (κ2) is 3.93. The van der Waals surface area contributed by atoms with E-state index >= 15 is 0 Å². The Kier molecular flexibility index (Phi) is 2.46. The van der Waals surface area contributed by atoms with Crippen molar-refractivity contribution in [2.45, 2.75) is 26.0 Å². The number of hydrogen-bond donors (Lipinski definition) is 1. The van der Waals surface area contributed by atoms with Gasteiger partial charge in [0.05, 0.1) is 23.7 Å². The molecule has 0 atom stereocenters. The molecule has 3 rings (SSSR count). The lowest BCUT2D eigenvalue weighted by atomic mass is 10.1. The lowest BCUT2D eigenvalue weighted by Crippen LogP contribution is -2.34. The van der Waals surface area contributed by atoms with Gasteiger partial charge in [-0.3, -0.25) is 4.79 Å². The smallest absolute Gasteiger partial charge is 0.310 e. The van der Waals surface area contributed by atoms with Crippen LogP contribution in [0.5, 0.6) is 0 Å². The van der Waals surface area contributed by atoms with Crippen molar-refractivity contribution in [2.75, 3.05) is 0 Å². The van der Waals surface area contributed by atoms with Crippen LogP contribution in [0.3, 0.4) is 0 Å². The molecule has 1 N–H and O–H groups in total. The molecule has 0 bridgehead atoms. The van der Waals surface area contributed by atoms with Crippen molar-refractivity contribution in [1.82, 2.24) is 9.78 Å². The van der Waals surface area contributed by atoms with E-state index in [2.05, 4.69) is 5.10 Å². The van der Waals surface area contributed by atoms with E-state index in [9.17, 15) is 9.90 Å². The molecule has 5 heteroatoms. The summed E-state index contributed by atoms with van der Waals surface area (Å²) < 4.78 is 6.81. The van der Waals surface area contributed by atoms with Gasteiger partial charge in [0.2, 0.25) is 5.58 Å². The van der Waals surface area contributed by atoms with Gasteiger partial charge in [-0.15, -0.1) is 0 Å². The molecule has 0 fully saturated rings. The molecule has 3 aromatic rings. The fourth-order valence-corrected chi connectivity index (χ4v) is 2.13. The zero-order chi connectivity index (χ0) is 13.6. The van der Waals surface area contributed by atoms with Crippen LogP contribution in [0.4, 0.5) is 0 Å². The summed E-state index contributed by atoms with van der Waals surface area (Å²) in [5.74, 6) is 0. The van der Waals surface area contributed by atoms with Gasteiger partial charge in [-0.25, -0.2) is 4.68 Å². The molecule has 0 aliphatic rings. The first-order valence-electron chi connectivity index (χ1n) is 6.05. The summed E-state index contributed by atoms with van der Waals surface area (Å²) in [5.41, 5.74) is -0.384. The zero-order valence-corrected chi connectivity index (χ0v) is 10.8. The van der Waals surface area contributed by atoms with E-state index in [1.165, 1.54) is 4.68 Å². The molecular weight excluding hydrogens is 244 g/mol. The molecule has 0 saturated carbocycles. The molecule has 0 amide bonds. The number of aliphatic hydroxyl groups is 1. The van der Waals surface area contributed by atoms with Gasteiger partial charge in [-0.05, 0) is 19.9 Å². The average molecular weight is 258 g/mol. The van der Waals surface area contributed by atoms with Crippen LogP contribution in [-0.2, 0) is 6.54 Å². The number of fused-ring (bicyclic) bond motifs is 3. The lowest BCUT2D eigenvalue weighted by molar-refractivity contribution is 0.0562. The maximum absolute atomic E-state index is 12.3. The Morgan fingerprint density at radius 3 is 2.79 bits per heavy atom. The second-order valence-electron chi connectivity index (χ2n) is 5.26. The molecule has 5 nitrogen and oxygen atoms in total. The Bertz CT molecular complexity index is 809. The van der Waals surface area contributed by atoms with Crippen molar-refractivity contribution in [1.29, 1.82) is 0 Å². The minimum Gasteiger partial charge on any atom is -0.450 e. The zero-order valence-electron chi connectivity index (χ0n) is 10.8. The van der Waals surface area contributed by atoms with Crippen LogP contribution in [0.2, 0.25) is 0 Å². The number of furan rings is 1. The van der Waals surface area contributed by atoms with Gasteiger partial charge in [0.15, 0.2) is 0 Å². The SMILES string of the molecule is CC(C)(O)Cn1ncc2c(oc3ccccc32)c1=O. The van der Waals surface area contributed by atoms with Crippen molar-refractivity contribution in [2.24, 2.45) is 0 Å². The lowest BCUT2D eigenvalue weighted by Gasteiger charge is -2.16. The first kappa shape index (κ1) is 11.9. The van der Waals surface area contributed by atoms with Gasteiger partial charge in [0.25, 0.3) is 0 Å². The second-order valence-corrected chi connectivity index (χ2v) is 5.26. The van der Waals surface area contributed by atoms with Crippen LogP contribution < -0.4 is 5.56 Å². The number of aromatic nitrogens is 2. The third kappa shape index (κ3) is 2.02. The largest absolute Gasteiger partial charge is 0.450 e. The van der Waals surface area contributed by atoms with E-state index in [-0.39, 0.29) is 17.7 Å². The summed E-state index contributed by atoms with van der Waals surface area (Å²) in [6.07, 6.45) is 1.61. The van der Waals surface area contributed by atoms with Gasteiger partial charge in [-0.1, -0.05) is 18.2 Å². The molecule has 2 heterocycles. The molecule has 0 unspecified atom stereocenters. The van der Waals surface area contributed by atoms with Crippen LogP contribution in [0.15, 0.2) is 39.7 Å². The van der Waals surface area contributed by atoms with E-state index in [0.29, 0.717) is 11.0 Å². The highest BCUT2D eigenvalue weighted by atomic mass is 16.3. The number of nitrogens with zero attached hydrogens (tertiary/aromatic N) is 2. The fraction of sp³-hybridized carbons (Fsp3) is 0.286. The minimum absolute atomic E-state index is 0.124. The third-order valence-corrected chi connectivity index (χ3v) is 2.93. The molecule has 0 aliphatic heterocycles. The Hall–Kier alpha value is -2.14. The minimum atomic E-state index is -1.00. The highest BCUT2D eigenvalue weighted by Crippen LogP contribution is 2.25. The quantitative estimate of drug-likeness (QED) is 0.762. The molecule has 0 radical (unpaired) electrons. The first-order chi connectivity index (χ1) is 8.96. The molecule has 2 aromatic heterocycles. The average Bonchev–Trinajstić information content (AvgIpc) is 2.71. The summed E-state index contributed by atoms with van der Waals surface area (Å²) in [7, 11) is 0. The highest BCUT2D eigenvalue weighted by Gasteiger charge is 2.18. The van der Waals surface area contributed by atoms with Crippen LogP contribution in [0.25, 0.3) is 21.9 Å². The molecule has 0 saturated heterocycles. The van der Waals surface area contributed by atoms with Gasteiger partial charge in [0.1, 0.15) is 5.58 Å². The predicted octanol–water partition coefficient (Wildman–Crippen LogP) is 1.91. The van der Waals surface area contributed by atoms with Crippen LogP contribution >= 0.6 is 0 Å². The summed E-state index contributed by atoms with van der Waals surface area (Å²) in [6.45, 7) is 3.38. The number of rotatable bonds is 2.